The van der Waals surface area contributed by atoms with Crippen molar-refractivity contribution < 1.29 is 28.1 Å². The van der Waals surface area contributed by atoms with Gasteiger partial charge in [-0.25, -0.2) is 15.0 Å². The lowest BCUT2D eigenvalue weighted by molar-refractivity contribution is -0.137. The number of benzene rings is 1. The summed E-state index contributed by atoms with van der Waals surface area (Å²) in [5, 5.41) is 22.1. The highest BCUT2D eigenvalue weighted by Gasteiger charge is 2.43. The summed E-state index contributed by atoms with van der Waals surface area (Å²) in [5.74, 6) is -0.290. The second kappa shape index (κ2) is 8.08. The number of aryl methyl sites for hydroxylation is 1. The predicted molar refractivity (Wildman–Crippen MR) is 117 cm³/mol. The van der Waals surface area contributed by atoms with Gasteiger partial charge in [0.05, 0.1) is 22.6 Å². The highest BCUT2D eigenvalue weighted by atomic mass is 19.4. The van der Waals surface area contributed by atoms with Gasteiger partial charge in [0, 0.05) is 11.6 Å². The summed E-state index contributed by atoms with van der Waals surface area (Å²) in [4.78, 5) is 12.0. The molecule has 0 aliphatic carbocycles. The number of anilines is 2. The Morgan fingerprint density at radius 2 is 1.82 bits per heavy atom. The van der Waals surface area contributed by atoms with Crippen molar-refractivity contribution in [3.63, 3.8) is 0 Å². The van der Waals surface area contributed by atoms with Gasteiger partial charge in [-0.15, -0.1) is 0 Å². The van der Waals surface area contributed by atoms with Crippen molar-refractivity contribution in [3.8, 4) is 0 Å². The Kier molecular flexibility index (Phi) is 5.30. The molecule has 9 nitrogen and oxygen atoms in total. The lowest BCUT2D eigenvalue weighted by Gasteiger charge is -2.17. The van der Waals surface area contributed by atoms with E-state index in [1.165, 1.54) is 6.33 Å². The molecule has 0 radical (unpaired) electrons. The van der Waals surface area contributed by atoms with E-state index in [2.05, 4.69) is 15.0 Å². The quantitative estimate of drug-likeness (QED) is 0.353. The number of nitrogens with zero attached hydrogens (tertiary/aromatic N) is 4. The van der Waals surface area contributed by atoms with E-state index in [9.17, 15) is 23.4 Å². The van der Waals surface area contributed by atoms with Gasteiger partial charge in [-0.05, 0) is 36.6 Å². The van der Waals surface area contributed by atoms with Crippen LogP contribution in [-0.2, 0) is 17.3 Å². The van der Waals surface area contributed by atoms with Gasteiger partial charge in [0.1, 0.15) is 35.8 Å². The number of aromatic nitrogens is 4. The number of aliphatic hydroxyl groups excluding tert-OH is 2. The molecule has 4 atom stereocenters. The number of hydrogen-bond acceptors (Lipinski definition) is 8. The summed E-state index contributed by atoms with van der Waals surface area (Å²) in [6.07, 6.45) is -4.73. The van der Waals surface area contributed by atoms with E-state index in [4.69, 9.17) is 16.2 Å². The Morgan fingerprint density at radius 1 is 1.03 bits per heavy atom. The van der Waals surface area contributed by atoms with Crippen molar-refractivity contribution in [2.24, 2.45) is 0 Å². The Balaban J connectivity index is 1.33. The minimum atomic E-state index is -4.58. The molecule has 0 bridgehead atoms. The van der Waals surface area contributed by atoms with Crippen LogP contribution in [0.2, 0.25) is 0 Å². The van der Waals surface area contributed by atoms with Crippen LogP contribution in [0.5, 0.6) is 0 Å². The zero-order valence-corrected chi connectivity index (χ0v) is 17.6. The fourth-order valence-corrected chi connectivity index (χ4v) is 4.31. The molecule has 0 saturated carbocycles. The number of aliphatic hydroxyl groups is 2. The molecule has 1 fully saturated rings. The minimum Gasteiger partial charge on any atom is -0.388 e. The highest BCUT2D eigenvalue weighted by molar-refractivity contribution is 5.86. The summed E-state index contributed by atoms with van der Waals surface area (Å²) in [5.41, 5.74) is 12.0. The molecular weight excluding hydrogens is 453 g/mol. The number of nitrogen functional groups attached to an aromatic ring is 2. The van der Waals surface area contributed by atoms with E-state index >= 15 is 0 Å². The minimum absolute atomic E-state index is 0.293. The molecule has 0 unspecified atom stereocenters. The highest BCUT2D eigenvalue weighted by Crippen LogP contribution is 2.36. The van der Waals surface area contributed by atoms with Crippen LogP contribution in [0, 0.1) is 0 Å². The van der Waals surface area contributed by atoms with Gasteiger partial charge in [0.2, 0.25) is 0 Å². The van der Waals surface area contributed by atoms with E-state index in [-0.39, 0.29) is 0 Å². The number of nitrogens with two attached hydrogens (primary N) is 2. The first-order valence-electron chi connectivity index (χ1n) is 10.5. The van der Waals surface area contributed by atoms with Gasteiger partial charge in [-0.2, -0.15) is 13.2 Å². The third kappa shape index (κ3) is 3.79. The van der Waals surface area contributed by atoms with E-state index in [0.29, 0.717) is 40.6 Å². The molecule has 1 saturated heterocycles. The first-order valence-corrected chi connectivity index (χ1v) is 10.5. The zero-order valence-electron chi connectivity index (χ0n) is 17.6. The van der Waals surface area contributed by atoms with Crippen LogP contribution in [0.25, 0.3) is 21.9 Å². The molecule has 4 heterocycles. The summed E-state index contributed by atoms with van der Waals surface area (Å²) in [6, 6.07) is 7.57. The van der Waals surface area contributed by atoms with Gasteiger partial charge in [-0.3, -0.25) is 0 Å². The number of rotatable bonds is 4. The van der Waals surface area contributed by atoms with Gasteiger partial charge in [-0.1, -0.05) is 12.1 Å². The third-order valence-corrected chi connectivity index (χ3v) is 6.09. The van der Waals surface area contributed by atoms with Gasteiger partial charge in [0.15, 0.2) is 6.23 Å². The lowest BCUT2D eigenvalue weighted by atomic mass is 10.0. The number of pyridine rings is 1. The molecule has 3 aromatic heterocycles. The van der Waals surface area contributed by atoms with Crippen LogP contribution >= 0.6 is 0 Å². The molecule has 178 valence electrons. The van der Waals surface area contributed by atoms with E-state index < -0.39 is 42.1 Å². The molecule has 0 amide bonds. The topological polar surface area (TPSA) is 145 Å². The second-order valence-electron chi connectivity index (χ2n) is 8.25. The SMILES string of the molecule is Nc1nc2cc(CC[C@H]3O[C@@H](n4ccc5c(N)ncnc54)[C@H](O)[C@@H]3O)ccc2cc1C(F)(F)F. The van der Waals surface area contributed by atoms with E-state index in [1.807, 2.05) is 0 Å². The van der Waals surface area contributed by atoms with Crippen molar-refractivity contribution in [2.45, 2.75) is 43.6 Å². The number of alkyl halides is 3. The molecular formula is C22H21F3N6O3. The maximum atomic E-state index is 13.1. The number of ether oxygens (including phenoxy) is 1. The Bertz CT molecular complexity index is 1380. The molecule has 34 heavy (non-hydrogen) atoms. The molecule has 0 spiro atoms. The molecule has 1 aliphatic rings. The predicted octanol–water partition coefficient (Wildman–Crippen LogP) is 2.41. The van der Waals surface area contributed by atoms with Crippen LogP contribution < -0.4 is 11.5 Å². The van der Waals surface area contributed by atoms with Crippen molar-refractivity contribution in [1.82, 2.24) is 19.5 Å². The largest absolute Gasteiger partial charge is 0.419 e. The average Bonchev–Trinajstić information content (AvgIpc) is 3.33. The maximum Gasteiger partial charge on any atom is 0.419 e. The summed E-state index contributed by atoms with van der Waals surface area (Å²) < 4.78 is 46.8. The van der Waals surface area contributed by atoms with Crippen LogP contribution in [0.1, 0.15) is 23.8 Å². The number of halogens is 3. The molecule has 4 aromatic rings. The smallest absolute Gasteiger partial charge is 0.388 e. The zero-order chi connectivity index (χ0) is 24.2. The van der Waals surface area contributed by atoms with Crippen LogP contribution in [-0.4, -0.2) is 48.0 Å². The summed E-state index contributed by atoms with van der Waals surface area (Å²) >= 11 is 0. The maximum absolute atomic E-state index is 13.1. The first-order chi connectivity index (χ1) is 16.1. The Morgan fingerprint density at radius 3 is 2.59 bits per heavy atom. The van der Waals surface area contributed by atoms with Crippen molar-refractivity contribution in [2.75, 3.05) is 11.5 Å². The van der Waals surface area contributed by atoms with Crippen LogP contribution in [0.3, 0.4) is 0 Å². The second-order valence-corrected chi connectivity index (χ2v) is 8.25. The standard InChI is InChI=1S/C22H21F3N6O3/c23-22(24,25)13-8-11-3-1-10(7-14(11)30-19(13)27)2-4-15-16(32)17(33)21(34-15)31-6-5-12-18(26)28-9-29-20(12)31/h1,3,5-9,15-17,21,32-33H,2,4H2,(H2,27,30)(H2,26,28,29)/t15-,16-,17-,21-/m1/s1. The lowest BCUT2D eigenvalue weighted by Crippen LogP contribution is -2.31. The van der Waals surface area contributed by atoms with Crippen molar-refractivity contribution >= 4 is 33.6 Å². The molecule has 12 heteroatoms. The fourth-order valence-electron chi connectivity index (χ4n) is 4.31. The molecule has 5 rings (SSSR count). The molecule has 1 aromatic carbocycles. The van der Waals surface area contributed by atoms with Gasteiger partial charge in [0.25, 0.3) is 0 Å². The van der Waals surface area contributed by atoms with E-state index in [1.54, 1.807) is 35.0 Å². The Labute approximate surface area is 190 Å². The number of fused-ring (bicyclic) bond motifs is 2. The first kappa shape index (κ1) is 22.3. The van der Waals surface area contributed by atoms with E-state index in [0.717, 1.165) is 11.6 Å². The van der Waals surface area contributed by atoms with Gasteiger partial charge >= 0.3 is 6.18 Å². The Hall–Kier alpha value is -3.48. The fraction of sp³-hybridized carbons (Fsp3) is 0.318. The molecule has 6 N–H and O–H groups in total. The normalized spacial score (nSPS) is 23.2. The van der Waals surface area contributed by atoms with Crippen LogP contribution in [0.4, 0.5) is 24.8 Å². The van der Waals surface area contributed by atoms with Crippen molar-refractivity contribution in [1.29, 1.82) is 0 Å². The molecule has 1 aliphatic heterocycles. The average molecular weight is 474 g/mol. The third-order valence-electron chi connectivity index (χ3n) is 6.09. The number of hydrogen-bond donors (Lipinski definition) is 4. The monoisotopic (exact) mass is 474 g/mol. The van der Waals surface area contributed by atoms with Gasteiger partial charge < -0.3 is 31.0 Å². The summed E-state index contributed by atoms with van der Waals surface area (Å²) in [7, 11) is 0. The van der Waals surface area contributed by atoms with Crippen molar-refractivity contribution in [3.05, 3.63) is 54.0 Å². The summed E-state index contributed by atoms with van der Waals surface area (Å²) in [6.45, 7) is 0. The van der Waals surface area contributed by atoms with Crippen LogP contribution in [0.15, 0.2) is 42.9 Å².